The van der Waals surface area contributed by atoms with Crippen molar-refractivity contribution in [2.24, 2.45) is 0 Å². The molecule has 0 spiro atoms. The summed E-state index contributed by atoms with van der Waals surface area (Å²) in [5.74, 6) is -0.156. The Balaban J connectivity index is 3.50. The van der Waals surface area contributed by atoms with Gasteiger partial charge in [0.25, 0.3) is 11.7 Å². The van der Waals surface area contributed by atoms with Crippen LogP contribution in [0.5, 0.6) is 5.88 Å². The average molecular weight is 238 g/mol. The molecule has 0 fully saturated rings. The quantitative estimate of drug-likeness (QED) is 0.814. The summed E-state index contributed by atoms with van der Waals surface area (Å²) in [6.07, 6.45) is -3.01. The Morgan fingerprint density at radius 1 is 1.60 bits per heavy atom. The van der Waals surface area contributed by atoms with Crippen molar-refractivity contribution in [3.05, 3.63) is 27.5 Å². The van der Waals surface area contributed by atoms with Crippen molar-refractivity contribution in [1.29, 1.82) is 0 Å². The Hall–Kier alpha value is -1.43. The molecule has 0 saturated carbocycles. The predicted octanol–water partition coefficient (Wildman–Crippen LogP) is 1.70. The van der Waals surface area contributed by atoms with Gasteiger partial charge in [0.15, 0.2) is 11.3 Å². The maximum atomic E-state index is 12.4. The van der Waals surface area contributed by atoms with E-state index in [1.807, 2.05) is 0 Å². The minimum Gasteiger partial charge on any atom is -0.482 e. The summed E-state index contributed by atoms with van der Waals surface area (Å²) < 4.78 is 29.5. The van der Waals surface area contributed by atoms with E-state index in [4.69, 9.17) is 11.6 Å². The third-order valence-electron chi connectivity index (χ3n) is 1.67. The van der Waals surface area contributed by atoms with E-state index in [1.54, 1.807) is 0 Å². The molecule has 0 amide bonds. The molecule has 0 aliphatic heterocycles. The van der Waals surface area contributed by atoms with E-state index in [9.17, 15) is 18.4 Å². The lowest BCUT2D eigenvalue weighted by atomic mass is 10.2. The van der Waals surface area contributed by atoms with Gasteiger partial charge in [0.05, 0.1) is 7.11 Å². The number of aromatic nitrogens is 1. The van der Waals surface area contributed by atoms with Gasteiger partial charge in [-0.1, -0.05) is 0 Å². The van der Waals surface area contributed by atoms with Gasteiger partial charge in [-0.25, -0.2) is 8.78 Å². The second-order valence-corrected chi connectivity index (χ2v) is 2.91. The van der Waals surface area contributed by atoms with Gasteiger partial charge in [-0.2, -0.15) is 0 Å². The molecular weight excluding hydrogens is 232 g/mol. The minimum atomic E-state index is -3.01. The van der Waals surface area contributed by atoms with Crippen molar-refractivity contribution in [1.82, 2.24) is 4.98 Å². The van der Waals surface area contributed by atoms with Crippen LogP contribution in [0.1, 0.15) is 22.5 Å². The highest BCUT2D eigenvalue weighted by atomic mass is 35.5. The van der Waals surface area contributed by atoms with E-state index in [0.29, 0.717) is 0 Å². The highest BCUT2D eigenvalue weighted by Crippen LogP contribution is 2.21. The lowest BCUT2D eigenvalue weighted by Gasteiger charge is -2.07. The fourth-order valence-electron chi connectivity index (χ4n) is 1.03. The first kappa shape index (κ1) is 11.6. The van der Waals surface area contributed by atoms with Crippen LogP contribution in [0, 0.1) is 0 Å². The number of halogens is 3. The van der Waals surface area contributed by atoms with E-state index in [0.717, 1.165) is 6.07 Å². The van der Waals surface area contributed by atoms with Gasteiger partial charge in [0.2, 0.25) is 0 Å². The highest BCUT2D eigenvalue weighted by molar-refractivity contribution is 6.67. The van der Waals surface area contributed by atoms with Gasteiger partial charge >= 0.3 is 0 Å². The number of nitrogens with one attached hydrogen (secondary N) is 1. The van der Waals surface area contributed by atoms with E-state index in [-0.39, 0.29) is 5.88 Å². The molecule has 1 N–H and O–H groups in total. The van der Waals surface area contributed by atoms with Gasteiger partial charge in [-0.15, -0.1) is 0 Å². The summed E-state index contributed by atoms with van der Waals surface area (Å²) >= 11 is 5.02. The topological polar surface area (TPSA) is 59.2 Å². The number of methoxy groups -OCH3 is 1. The smallest absolute Gasteiger partial charge is 0.279 e. The Morgan fingerprint density at radius 3 is 2.60 bits per heavy atom. The Kier molecular flexibility index (Phi) is 3.41. The minimum absolute atomic E-state index is 0.156. The number of carbonyl (C=O) groups excluding carboxylic acids is 1. The molecule has 15 heavy (non-hydrogen) atoms. The summed E-state index contributed by atoms with van der Waals surface area (Å²) in [4.78, 5) is 24.1. The number of hydrogen-bond acceptors (Lipinski definition) is 3. The summed E-state index contributed by atoms with van der Waals surface area (Å²) in [6.45, 7) is 0. The van der Waals surface area contributed by atoms with Crippen LogP contribution in [-0.2, 0) is 0 Å². The summed E-state index contributed by atoms with van der Waals surface area (Å²) in [7, 11) is 1.20. The Morgan fingerprint density at radius 2 is 2.20 bits per heavy atom. The van der Waals surface area contributed by atoms with Gasteiger partial charge in [-0.05, 0) is 11.6 Å². The second kappa shape index (κ2) is 4.39. The average Bonchev–Trinajstić information content (AvgIpc) is 2.15. The van der Waals surface area contributed by atoms with Gasteiger partial charge in [-0.3, -0.25) is 9.59 Å². The van der Waals surface area contributed by atoms with E-state index in [1.165, 1.54) is 7.11 Å². The van der Waals surface area contributed by atoms with Crippen LogP contribution < -0.4 is 10.2 Å². The van der Waals surface area contributed by atoms with E-state index < -0.39 is 28.4 Å². The van der Waals surface area contributed by atoms with Gasteiger partial charge < -0.3 is 9.72 Å². The SMILES string of the molecule is COc1cc(=O)c(C(=O)Cl)c(C(F)F)[nH]1. The zero-order valence-electron chi connectivity index (χ0n) is 7.51. The first-order valence-electron chi connectivity index (χ1n) is 3.76. The van der Waals surface area contributed by atoms with Crippen molar-refractivity contribution in [2.45, 2.75) is 6.43 Å². The second-order valence-electron chi connectivity index (χ2n) is 2.57. The number of ether oxygens (including phenoxy) is 1. The molecule has 0 aromatic carbocycles. The van der Waals surface area contributed by atoms with Crippen LogP contribution in [0.2, 0.25) is 0 Å². The van der Waals surface area contributed by atoms with Crippen LogP contribution in [0.25, 0.3) is 0 Å². The number of alkyl halides is 2. The molecule has 1 heterocycles. The molecule has 7 heteroatoms. The molecule has 0 radical (unpaired) electrons. The molecule has 1 aromatic rings. The molecule has 82 valence electrons. The number of carbonyl (C=O) groups is 1. The molecule has 0 bridgehead atoms. The zero-order valence-corrected chi connectivity index (χ0v) is 8.27. The largest absolute Gasteiger partial charge is 0.482 e. The maximum absolute atomic E-state index is 12.4. The zero-order chi connectivity index (χ0) is 11.6. The van der Waals surface area contributed by atoms with Crippen molar-refractivity contribution < 1.29 is 18.3 Å². The van der Waals surface area contributed by atoms with E-state index in [2.05, 4.69) is 9.72 Å². The number of H-pyrrole nitrogens is 1. The Labute approximate surface area is 87.8 Å². The predicted molar refractivity (Wildman–Crippen MR) is 48.8 cm³/mol. The molecule has 0 aliphatic carbocycles. The molecule has 1 rings (SSSR count). The number of hydrogen-bond donors (Lipinski definition) is 1. The molecule has 0 aliphatic rings. The normalized spacial score (nSPS) is 10.5. The number of pyridine rings is 1. The molecule has 0 saturated heterocycles. The van der Waals surface area contributed by atoms with Crippen molar-refractivity contribution in [2.75, 3.05) is 7.11 Å². The van der Waals surface area contributed by atoms with Gasteiger partial charge in [0.1, 0.15) is 11.3 Å². The third-order valence-corrected chi connectivity index (χ3v) is 1.86. The standard InChI is InChI=1S/C8H6ClF2NO3/c1-15-4-2-3(13)5(7(9)14)6(12-4)8(10)11/h2,8H,1H3,(H,12,13). The lowest BCUT2D eigenvalue weighted by Crippen LogP contribution is -2.17. The van der Waals surface area contributed by atoms with Crippen molar-refractivity contribution in [3.63, 3.8) is 0 Å². The lowest BCUT2D eigenvalue weighted by molar-refractivity contribution is 0.106. The molecule has 4 nitrogen and oxygen atoms in total. The Bertz CT molecular complexity index is 444. The first-order valence-corrected chi connectivity index (χ1v) is 4.14. The highest BCUT2D eigenvalue weighted by Gasteiger charge is 2.22. The van der Waals surface area contributed by atoms with Crippen LogP contribution in [-0.4, -0.2) is 17.3 Å². The number of rotatable bonds is 3. The molecule has 0 atom stereocenters. The van der Waals surface area contributed by atoms with Crippen LogP contribution in [0.15, 0.2) is 10.9 Å². The molecular formula is C8H6ClF2NO3. The van der Waals surface area contributed by atoms with Crippen LogP contribution in [0.3, 0.4) is 0 Å². The number of aromatic amines is 1. The van der Waals surface area contributed by atoms with Crippen molar-refractivity contribution in [3.8, 4) is 5.88 Å². The molecule has 0 unspecified atom stereocenters. The van der Waals surface area contributed by atoms with Crippen LogP contribution >= 0.6 is 11.6 Å². The van der Waals surface area contributed by atoms with Crippen LogP contribution in [0.4, 0.5) is 8.78 Å². The van der Waals surface area contributed by atoms with Gasteiger partial charge in [0, 0.05) is 6.07 Å². The maximum Gasteiger partial charge on any atom is 0.279 e. The van der Waals surface area contributed by atoms with E-state index >= 15 is 0 Å². The van der Waals surface area contributed by atoms with Crippen molar-refractivity contribution >= 4 is 16.8 Å². The first-order chi connectivity index (χ1) is 6.97. The fourth-order valence-corrected chi connectivity index (χ4v) is 1.23. The summed E-state index contributed by atoms with van der Waals surface area (Å²) in [6, 6.07) is 0.876. The third kappa shape index (κ3) is 2.33. The summed E-state index contributed by atoms with van der Waals surface area (Å²) in [5.41, 5.74) is -2.49. The fraction of sp³-hybridized carbons (Fsp3) is 0.250. The molecule has 1 aromatic heterocycles. The summed E-state index contributed by atoms with van der Waals surface area (Å²) in [5, 5.41) is -1.23. The monoisotopic (exact) mass is 237 g/mol.